The van der Waals surface area contributed by atoms with Crippen LogP contribution in [0.4, 0.5) is 4.79 Å². The van der Waals surface area contributed by atoms with Gasteiger partial charge in [-0.05, 0) is 88.6 Å². The van der Waals surface area contributed by atoms with Crippen molar-refractivity contribution in [1.29, 1.82) is 0 Å². The number of methoxy groups -OCH3 is 1. The number of ether oxygens (including phenoxy) is 2. The number of phenols is 1. The lowest BCUT2D eigenvalue weighted by molar-refractivity contribution is -0.127. The first-order chi connectivity index (χ1) is 22.8. The van der Waals surface area contributed by atoms with E-state index >= 15 is 0 Å². The topological polar surface area (TPSA) is 151 Å². The van der Waals surface area contributed by atoms with Gasteiger partial charge in [0, 0.05) is 25.6 Å². The van der Waals surface area contributed by atoms with Crippen molar-refractivity contribution >= 4 is 27.7 Å². The van der Waals surface area contributed by atoms with E-state index in [1.54, 1.807) is 57.0 Å². The standard InChI is InChI=1S/C36H51N3O8S/c1-36(2,3)47-35(43)39-20-18-27(19-21-39)33(41)38-30(23-37-34(42)29-12-8-9-13-31(29)40)32(22-25-14-16-28(46-4)17-15-25)48(44,45)24-26-10-6-5-7-11-26/h8-9,12-17,26-27,30,32,40H,5-7,10-11,18-24H2,1-4H3,(H,37,42)(H,38,41). The Balaban J connectivity index is 1.59. The number of hydrogen-bond donors (Lipinski definition) is 3. The number of para-hydroxylation sites is 1. The first-order valence-electron chi connectivity index (χ1n) is 16.9. The molecule has 1 aliphatic heterocycles. The molecule has 0 radical (unpaired) electrons. The molecule has 4 rings (SSSR count). The predicted octanol–water partition coefficient (Wildman–Crippen LogP) is 4.87. The molecule has 0 spiro atoms. The number of nitrogens with one attached hydrogen (secondary N) is 2. The number of aromatic hydroxyl groups is 1. The fraction of sp³-hybridized carbons (Fsp3) is 0.583. The van der Waals surface area contributed by atoms with E-state index in [-0.39, 0.29) is 41.9 Å². The van der Waals surface area contributed by atoms with E-state index in [1.807, 2.05) is 12.1 Å². The summed E-state index contributed by atoms with van der Waals surface area (Å²) in [6, 6.07) is 12.3. The molecule has 48 heavy (non-hydrogen) atoms. The zero-order chi connectivity index (χ0) is 34.9. The number of sulfone groups is 1. The molecule has 3 amide bonds. The highest BCUT2D eigenvalue weighted by Gasteiger charge is 2.39. The molecule has 3 N–H and O–H groups in total. The third kappa shape index (κ3) is 10.6. The van der Waals surface area contributed by atoms with Crippen molar-refractivity contribution in [1.82, 2.24) is 15.5 Å². The molecule has 1 aliphatic carbocycles. The van der Waals surface area contributed by atoms with Crippen LogP contribution in [0.5, 0.6) is 11.5 Å². The zero-order valence-corrected chi connectivity index (χ0v) is 29.4. The van der Waals surface area contributed by atoms with Gasteiger partial charge >= 0.3 is 6.09 Å². The quantitative estimate of drug-likeness (QED) is 0.287. The minimum Gasteiger partial charge on any atom is -0.507 e. The number of benzene rings is 2. The maximum Gasteiger partial charge on any atom is 0.410 e. The monoisotopic (exact) mass is 685 g/mol. The number of amides is 3. The predicted molar refractivity (Wildman–Crippen MR) is 184 cm³/mol. The molecule has 2 unspecified atom stereocenters. The molecule has 264 valence electrons. The highest BCUT2D eigenvalue weighted by atomic mass is 32.2. The lowest BCUT2D eigenvalue weighted by Gasteiger charge is -2.35. The van der Waals surface area contributed by atoms with Crippen LogP contribution in [-0.4, -0.2) is 85.7 Å². The average Bonchev–Trinajstić information content (AvgIpc) is 3.05. The van der Waals surface area contributed by atoms with E-state index in [4.69, 9.17) is 9.47 Å². The Morgan fingerprint density at radius 1 is 0.958 bits per heavy atom. The maximum absolute atomic E-state index is 14.3. The van der Waals surface area contributed by atoms with E-state index in [2.05, 4.69) is 10.6 Å². The van der Waals surface area contributed by atoms with Crippen LogP contribution in [0.25, 0.3) is 0 Å². The number of hydrogen-bond acceptors (Lipinski definition) is 8. The number of nitrogens with zero attached hydrogens (tertiary/aromatic N) is 1. The smallest absolute Gasteiger partial charge is 0.410 e. The summed E-state index contributed by atoms with van der Waals surface area (Å²) in [7, 11) is -2.23. The van der Waals surface area contributed by atoms with E-state index in [0.717, 1.165) is 37.7 Å². The number of likely N-dealkylation sites (tertiary alicyclic amines) is 1. The summed E-state index contributed by atoms with van der Waals surface area (Å²) in [4.78, 5) is 41.2. The molecular formula is C36H51N3O8S. The van der Waals surface area contributed by atoms with Crippen molar-refractivity contribution < 1.29 is 37.4 Å². The molecule has 2 aromatic rings. The molecule has 1 heterocycles. The van der Waals surface area contributed by atoms with Crippen LogP contribution in [0, 0.1) is 11.8 Å². The van der Waals surface area contributed by atoms with E-state index in [1.165, 1.54) is 12.1 Å². The fourth-order valence-electron chi connectivity index (χ4n) is 6.51. The van der Waals surface area contributed by atoms with Gasteiger partial charge in [0.05, 0.1) is 29.7 Å². The van der Waals surface area contributed by atoms with Crippen molar-refractivity contribution in [2.24, 2.45) is 11.8 Å². The number of piperidine rings is 1. The lowest BCUT2D eigenvalue weighted by atomic mass is 9.91. The summed E-state index contributed by atoms with van der Waals surface area (Å²) in [5.41, 5.74) is 0.167. The van der Waals surface area contributed by atoms with E-state index in [9.17, 15) is 27.9 Å². The molecule has 2 aromatic carbocycles. The van der Waals surface area contributed by atoms with Gasteiger partial charge in [-0.15, -0.1) is 0 Å². The van der Waals surface area contributed by atoms with Gasteiger partial charge in [-0.1, -0.05) is 43.5 Å². The van der Waals surface area contributed by atoms with Gasteiger partial charge in [0.2, 0.25) is 5.91 Å². The van der Waals surface area contributed by atoms with Gasteiger partial charge < -0.3 is 30.1 Å². The largest absolute Gasteiger partial charge is 0.507 e. The summed E-state index contributed by atoms with van der Waals surface area (Å²) in [5, 5.41) is 15.0. The van der Waals surface area contributed by atoms with Crippen LogP contribution < -0.4 is 15.4 Å². The SMILES string of the molecule is COc1ccc(CC(C(CNC(=O)c2ccccc2O)NC(=O)C2CCN(C(=O)OC(C)(C)C)CC2)S(=O)(=O)CC2CCCCC2)cc1. The Labute approximate surface area is 284 Å². The van der Waals surface area contributed by atoms with Crippen LogP contribution >= 0.6 is 0 Å². The maximum atomic E-state index is 14.3. The first kappa shape index (κ1) is 37.0. The van der Waals surface area contributed by atoms with Gasteiger partial charge in [-0.3, -0.25) is 9.59 Å². The van der Waals surface area contributed by atoms with Crippen LogP contribution in [0.3, 0.4) is 0 Å². The number of rotatable bonds is 12. The fourth-order valence-corrected chi connectivity index (χ4v) is 8.86. The summed E-state index contributed by atoms with van der Waals surface area (Å²) in [6.45, 7) is 5.89. The minimum atomic E-state index is -3.79. The Morgan fingerprint density at radius 2 is 1.60 bits per heavy atom. The first-order valence-corrected chi connectivity index (χ1v) is 18.7. The Hall–Kier alpha value is -3.80. The summed E-state index contributed by atoms with van der Waals surface area (Å²) < 4.78 is 39.5. The van der Waals surface area contributed by atoms with E-state index < -0.39 is 44.6 Å². The van der Waals surface area contributed by atoms with Crippen molar-refractivity contribution in [3.8, 4) is 11.5 Å². The van der Waals surface area contributed by atoms with Crippen LogP contribution in [0.2, 0.25) is 0 Å². The second kappa shape index (κ2) is 16.5. The molecular weight excluding hydrogens is 634 g/mol. The second-order valence-electron chi connectivity index (χ2n) is 14.0. The van der Waals surface area contributed by atoms with Crippen LogP contribution in [-0.2, 0) is 25.8 Å². The van der Waals surface area contributed by atoms with Gasteiger partial charge in [0.15, 0.2) is 9.84 Å². The third-order valence-corrected chi connectivity index (χ3v) is 11.5. The Morgan fingerprint density at radius 3 is 2.21 bits per heavy atom. The third-order valence-electron chi connectivity index (χ3n) is 9.18. The molecule has 1 saturated heterocycles. The molecule has 1 saturated carbocycles. The highest BCUT2D eigenvalue weighted by Crippen LogP contribution is 2.29. The van der Waals surface area contributed by atoms with Crippen LogP contribution in [0.1, 0.15) is 81.6 Å². The number of carbonyl (C=O) groups is 3. The molecule has 11 nitrogen and oxygen atoms in total. The molecule has 0 aromatic heterocycles. The normalized spacial score (nSPS) is 17.6. The molecule has 2 atom stereocenters. The second-order valence-corrected chi connectivity index (χ2v) is 16.3. The molecule has 0 bridgehead atoms. The summed E-state index contributed by atoms with van der Waals surface area (Å²) >= 11 is 0. The molecule has 12 heteroatoms. The molecule has 2 fully saturated rings. The van der Waals surface area contributed by atoms with Crippen molar-refractivity contribution in [3.63, 3.8) is 0 Å². The summed E-state index contributed by atoms with van der Waals surface area (Å²) in [5.74, 6) is -0.889. The minimum absolute atomic E-state index is 0.00187. The highest BCUT2D eigenvalue weighted by molar-refractivity contribution is 7.92. The number of carbonyl (C=O) groups excluding carboxylic acids is 3. The zero-order valence-electron chi connectivity index (χ0n) is 28.6. The average molecular weight is 686 g/mol. The van der Waals surface area contributed by atoms with Crippen molar-refractivity contribution in [3.05, 3.63) is 59.7 Å². The summed E-state index contributed by atoms with van der Waals surface area (Å²) in [6.07, 6.45) is 5.21. The van der Waals surface area contributed by atoms with Crippen molar-refractivity contribution in [2.45, 2.75) is 89.0 Å². The van der Waals surface area contributed by atoms with Gasteiger partial charge in [-0.25, -0.2) is 13.2 Å². The lowest BCUT2D eigenvalue weighted by Crippen LogP contribution is -2.56. The van der Waals surface area contributed by atoms with Crippen LogP contribution in [0.15, 0.2) is 48.5 Å². The van der Waals surface area contributed by atoms with Gasteiger partial charge in [-0.2, -0.15) is 0 Å². The van der Waals surface area contributed by atoms with Crippen molar-refractivity contribution in [2.75, 3.05) is 32.5 Å². The Kier molecular flexibility index (Phi) is 12.8. The van der Waals surface area contributed by atoms with E-state index in [0.29, 0.717) is 31.7 Å². The molecule has 2 aliphatic rings. The Bertz CT molecular complexity index is 1490. The van der Waals surface area contributed by atoms with Gasteiger partial charge in [0.25, 0.3) is 5.91 Å². The number of phenolic OH excluding ortho intramolecular Hbond substituents is 1. The van der Waals surface area contributed by atoms with Gasteiger partial charge in [0.1, 0.15) is 17.1 Å².